The molecule has 0 aromatic carbocycles. The van der Waals surface area contributed by atoms with E-state index >= 15 is 0 Å². The molecule has 0 unspecified atom stereocenters. The van der Waals surface area contributed by atoms with Gasteiger partial charge in [-0.15, -0.1) is 0 Å². The van der Waals surface area contributed by atoms with Gasteiger partial charge in [0.1, 0.15) is 0 Å². The van der Waals surface area contributed by atoms with Crippen LogP contribution in [0.2, 0.25) is 0 Å². The minimum atomic E-state index is 0.112. The molecule has 1 rings (SSSR count). The Morgan fingerprint density at radius 2 is 2.12 bits per heavy atom. The first-order valence-corrected chi connectivity index (χ1v) is 5.88. The van der Waals surface area contributed by atoms with E-state index in [0.717, 1.165) is 11.4 Å². The SMILES string of the molecule is C=C/C(=C\C=C/C)NC1=CC=CC(C)(C)C=C1. The molecule has 1 aliphatic carbocycles. The molecule has 0 saturated carbocycles. The van der Waals surface area contributed by atoms with Crippen molar-refractivity contribution in [3.63, 3.8) is 0 Å². The van der Waals surface area contributed by atoms with Crippen molar-refractivity contribution in [1.29, 1.82) is 0 Å². The third kappa shape index (κ3) is 4.73. The minimum Gasteiger partial charge on any atom is -0.356 e. The number of allylic oxidation sites excluding steroid dienone is 9. The molecule has 0 radical (unpaired) electrons. The van der Waals surface area contributed by atoms with Gasteiger partial charge in [0.2, 0.25) is 0 Å². The molecule has 0 aromatic heterocycles. The molecule has 0 heterocycles. The van der Waals surface area contributed by atoms with Gasteiger partial charge in [-0.25, -0.2) is 0 Å². The molecule has 1 nitrogen and oxygen atoms in total. The van der Waals surface area contributed by atoms with Crippen molar-refractivity contribution < 1.29 is 0 Å². The van der Waals surface area contributed by atoms with E-state index in [2.05, 4.69) is 56.1 Å². The fourth-order valence-corrected chi connectivity index (χ4v) is 1.43. The lowest BCUT2D eigenvalue weighted by Gasteiger charge is -2.12. The predicted octanol–water partition coefficient (Wildman–Crippen LogP) is 4.26. The van der Waals surface area contributed by atoms with E-state index in [0.29, 0.717) is 0 Å². The van der Waals surface area contributed by atoms with Gasteiger partial charge in [0.25, 0.3) is 0 Å². The van der Waals surface area contributed by atoms with Crippen LogP contribution in [0.15, 0.2) is 72.7 Å². The molecule has 0 fully saturated rings. The highest BCUT2D eigenvalue weighted by molar-refractivity contribution is 5.34. The van der Waals surface area contributed by atoms with Crippen molar-refractivity contribution in [3.8, 4) is 0 Å². The van der Waals surface area contributed by atoms with E-state index in [9.17, 15) is 0 Å². The fraction of sp³-hybridized carbons (Fsp3) is 0.250. The van der Waals surface area contributed by atoms with Crippen molar-refractivity contribution >= 4 is 0 Å². The van der Waals surface area contributed by atoms with Crippen LogP contribution >= 0.6 is 0 Å². The molecule has 0 spiro atoms. The highest BCUT2D eigenvalue weighted by atomic mass is 14.9. The largest absolute Gasteiger partial charge is 0.356 e. The van der Waals surface area contributed by atoms with Gasteiger partial charge in [0.05, 0.1) is 0 Å². The van der Waals surface area contributed by atoms with Crippen molar-refractivity contribution in [3.05, 3.63) is 72.7 Å². The average Bonchev–Trinajstić information content (AvgIpc) is 2.46. The summed E-state index contributed by atoms with van der Waals surface area (Å²) in [7, 11) is 0. The standard InChI is InChI=1S/C16H21N/c1-5-7-9-14(6-2)17-15-10-8-12-16(3,4)13-11-15/h5-13,17H,2H2,1,3-4H3/b7-5-,14-9+. The van der Waals surface area contributed by atoms with Crippen LogP contribution in [-0.2, 0) is 0 Å². The van der Waals surface area contributed by atoms with Crippen LogP contribution in [0.25, 0.3) is 0 Å². The zero-order chi connectivity index (χ0) is 12.7. The lowest BCUT2D eigenvalue weighted by atomic mass is 9.93. The van der Waals surface area contributed by atoms with Crippen LogP contribution in [0.1, 0.15) is 20.8 Å². The van der Waals surface area contributed by atoms with E-state index in [-0.39, 0.29) is 5.41 Å². The van der Waals surface area contributed by atoms with Gasteiger partial charge in [-0.1, -0.05) is 50.8 Å². The van der Waals surface area contributed by atoms with E-state index in [1.54, 1.807) is 0 Å². The zero-order valence-electron chi connectivity index (χ0n) is 10.9. The lowest BCUT2D eigenvalue weighted by molar-refractivity contribution is 0.626. The van der Waals surface area contributed by atoms with E-state index in [4.69, 9.17) is 0 Å². The summed E-state index contributed by atoms with van der Waals surface area (Å²) in [4.78, 5) is 0. The van der Waals surface area contributed by atoms with Crippen molar-refractivity contribution in [2.75, 3.05) is 0 Å². The lowest BCUT2D eigenvalue weighted by Crippen LogP contribution is -2.09. The third-order valence-electron chi connectivity index (χ3n) is 2.47. The van der Waals surface area contributed by atoms with E-state index < -0.39 is 0 Å². The summed E-state index contributed by atoms with van der Waals surface area (Å²) >= 11 is 0. The number of nitrogens with one attached hydrogen (secondary N) is 1. The molecule has 1 aliphatic rings. The Morgan fingerprint density at radius 1 is 1.35 bits per heavy atom. The van der Waals surface area contributed by atoms with Crippen LogP contribution in [0.5, 0.6) is 0 Å². The molecule has 0 aliphatic heterocycles. The maximum atomic E-state index is 3.80. The second-order valence-corrected chi connectivity index (χ2v) is 4.61. The third-order valence-corrected chi connectivity index (χ3v) is 2.47. The van der Waals surface area contributed by atoms with Gasteiger partial charge in [0, 0.05) is 16.8 Å². The molecule has 0 atom stereocenters. The van der Waals surface area contributed by atoms with Gasteiger partial charge in [-0.05, 0) is 31.2 Å². The quantitative estimate of drug-likeness (QED) is 0.708. The average molecular weight is 227 g/mol. The van der Waals surface area contributed by atoms with Crippen LogP contribution < -0.4 is 5.32 Å². The zero-order valence-corrected chi connectivity index (χ0v) is 10.9. The van der Waals surface area contributed by atoms with Gasteiger partial charge < -0.3 is 5.32 Å². The molecule has 0 bridgehead atoms. The first-order chi connectivity index (χ1) is 8.07. The smallest absolute Gasteiger partial charge is 0.0381 e. The van der Waals surface area contributed by atoms with Crippen LogP contribution in [0.4, 0.5) is 0 Å². The van der Waals surface area contributed by atoms with Crippen LogP contribution in [-0.4, -0.2) is 0 Å². The summed E-state index contributed by atoms with van der Waals surface area (Å²) in [6.45, 7) is 10.2. The Hall–Kier alpha value is -1.76. The second kappa shape index (κ2) is 6.09. The van der Waals surface area contributed by atoms with Crippen LogP contribution in [0.3, 0.4) is 0 Å². The highest BCUT2D eigenvalue weighted by Crippen LogP contribution is 2.22. The van der Waals surface area contributed by atoms with Gasteiger partial charge in [-0.3, -0.25) is 0 Å². The molecular formula is C16H21N. The van der Waals surface area contributed by atoms with Crippen molar-refractivity contribution in [2.24, 2.45) is 5.41 Å². The summed E-state index contributed by atoms with van der Waals surface area (Å²) in [6, 6.07) is 0. The number of rotatable bonds is 4. The van der Waals surface area contributed by atoms with E-state index in [1.165, 1.54) is 0 Å². The summed E-state index contributed by atoms with van der Waals surface area (Å²) in [5.41, 5.74) is 2.18. The van der Waals surface area contributed by atoms with Crippen molar-refractivity contribution in [2.45, 2.75) is 20.8 Å². The van der Waals surface area contributed by atoms with Crippen molar-refractivity contribution in [1.82, 2.24) is 5.32 Å². The Labute approximate surface area is 105 Å². The topological polar surface area (TPSA) is 12.0 Å². The Balaban J connectivity index is 2.79. The molecule has 90 valence electrons. The van der Waals surface area contributed by atoms with Gasteiger partial charge in [-0.2, -0.15) is 0 Å². The minimum absolute atomic E-state index is 0.112. The Bertz CT molecular complexity index is 415. The summed E-state index contributed by atoms with van der Waals surface area (Å²) in [5, 5.41) is 3.33. The molecule has 1 heteroatoms. The second-order valence-electron chi connectivity index (χ2n) is 4.61. The summed E-state index contributed by atoms with van der Waals surface area (Å²) in [5.74, 6) is 0. The predicted molar refractivity (Wildman–Crippen MR) is 76.4 cm³/mol. The number of hydrogen-bond donors (Lipinski definition) is 1. The molecule has 17 heavy (non-hydrogen) atoms. The maximum Gasteiger partial charge on any atom is 0.0381 e. The molecular weight excluding hydrogens is 206 g/mol. The van der Waals surface area contributed by atoms with Crippen LogP contribution in [0, 0.1) is 5.41 Å². The first-order valence-electron chi connectivity index (χ1n) is 5.88. The molecule has 0 aromatic rings. The Morgan fingerprint density at radius 3 is 2.76 bits per heavy atom. The Kier molecular flexibility index (Phi) is 4.77. The van der Waals surface area contributed by atoms with Gasteiger partial charge in [0.15, 0.2) is 0 Å². The maximum absolute atomic E-state index is 3.80. The van der Waals surface area contributed by atoms with Gasteiger partial charge >= 0.3 is 0 Å². The first kappa shape index (κ1) is 13.3. The highest BCUT2D eigenvalue weighted by Gasteiger charge is 2.10. The fourth-order valence-electron chi connectivity index (χ4n) is 1.43. The number of hydrogen-bond acceptors (Lipinski definition) is 1. The monoisotopic (exact) mass is 227 g/mol. The normalized spacial score (nSPS) is 19.0. The van der Waals surface area contributed by atoms with E-state index in [1.807, 2.05) is 31.2 Å². The summed E-state index contributed by atoms with van der Waals surface area (Å²) < 4.78 is 0. The molecule has 1 N–H and O–H groups in total. The molecule has 0 saturated heterocycles. The molecule has 0 amide bonds. The summed E-state index contributed by atoms with van der Waals surface area (Å²) in [6.07, 6.45) is 18.4.